The van der Waals surface area contributed by atoms with Crippen LogP contribution in [0.2, 0.25) is 0 Å². The normalized spacial score (nSPS) is 11.1. The number of aromatic hydroxyl groups is 1. The highest BCUT2D eigenvalue weighted by atomic mass is 79.9. The summed E-state index contributed by atoms with van der Waals surface area (Å²) in [5.74, 6) is 0.718. The number of benzene rings is 1. The predicted molar refractivity (Wildman–Crippen MR) is 76.1 cm³/mol. The first-order chi connectivity index (χ1) is 8.70. The van der Waals surface area contributed by atoms with E-state index < -0.39 is 0 Å². The molecule has 4 heteroatoms. The summed E-state index contributed by atoms with van der Waals surface area (Å²) in [5.41, 5.74) is 0.880. The Bertz CT molecular complexity index is 402. The molecule has 0 aliphatic carbocycles. The molecule has 0 atom stereocenters. The Balaban J connectivity index is 2.56. The van der Waals surface area contributed by atoms with Gasteiger partial charge in [0.2, 0.25) is 0 Å². The maximum Gasteiger partial charge on any atom is 0.162 e. The molecule has 0 spiro atoms. The van der Waals surface area contributed by atoms with E-state index in [2.05, 4.69) is 22.0 Å². The number of phenolic OH excluding ortho intramolecular Hbond substituents is 1. The molecule has 0 saturated carbocycles. The van der Waals surface area contributed by atoms with Crippen LogP contribution < -0.4 is 4.74 Å². The number of hydrogen-bond donors (Lipinski definition) is 2. The van der Waals surface area contributed by atoms with Crippen molar-refractivity contribution < 1.29 is 14.9 Å². The molecule has 1 rings (SSSR count). The highest BCUT2D eigenvalue weighted by Gasteiger charge is 2.10. The molecule has 0 fully saturated rings. The lowest BCUT2D eigenvalue weighted by Gasteiger charge is -2.10. The summed E-state index contributed by atoms with van der Waals surface area (Å²) >= 11 is 3.44. The lowest BCUT2D eigenvalue weighted by molar-refractivity contribution is 0.302. The molecule has 18 heavy (non-hydrogen) atoms. The van der Waals surface area contributed by atoms with E-state index in [-0.39, 0.29) is 12.4 Å². The highest BCUT2D eigenvalue weighted by Crippen LogP contribution is 2.35. The monoisotopic (exact) mass is 314 g/mol. The molecule has 100 valence electrons. The molecule has 0 saturated heterocycles. The minimum atomic E-state index is 0.193. The van der Waals surface area contributed by atoms with Gasteiger partial charge in [-0.2, -0.15) is 0 Å². The largest absolute Gasteiger partial charge is 0.504 e. The Morgan fingerprint density at radius 1 is 1.28 bits per heavy atom. The summed E-state index contributed by atoms with van der Waals surface area (Å²) < 4.78 is 5.99. The van der Waals surface area contributed by atoms with Crippen LogP contribution in [0.1, 0.15) is 24.8 Å². The van der Waals surface area contributed by atoms with Gasteiger partial charge in [-0.1, -0.05) is 28.1 Å². The van der Waals surface area contributed by atoms with Crippen molar-refractivity contribution in [2.24, 2.45) is 0 Å². The van der Waals surface area contributed by atoms with Crippen LogP contribution in [-0.2, 0) is 6.42 Å². The molecule has 3 nitrogen and oxygen atoms in total. The fourth-order valence-electron chi connectivity index (χ4n) is 1.70. The van der Waals surface area contributed by atoms with Crippen LogP contribution in [0.3, 0.4) is 0 Å². The summed E-state index contributed by atoms with van der Waals surface area (Å²) in [6.07, 6.45) is 7.40. The molecule has 0 radical (unpaired) electrons. The van der Waals surface area contributed by atoms with Gasteiger partial charge in [-0.05, 0) is 37.8 Å². The van der Waals surface area contributed by atoms with E-state index in [1.807, 2.05) is 12.1 Å². The van der Waals surface area contributed by atoms with Gasteiger partial charge >= 0.3 is 0 Å². The van der Waals surface area contributed by atoms with Crippen LogP contribution in [0.15, 0.2) is 28.8 Å². The molecule has 0 amide bonds. The van der Waals surface area contributed by atoms with Gasteiger partial charge in [0.25, 0.3) is 0 Å². The molecule has 0 aromatic heterocycles. The van der Waals surface area contributed by atoms with E-state index in [0.717, 1.165) is 29.3 Å². The average Bonchev–Trinajstić information content (AvgIpc) is 2.37. The molecule has 1 aromatic rings. The van der Waals surface area contributed by atoms with Crippen molar-refractivity contribution in [2.75, 3.05) is 13.7 Å². The zero-order valence-electron chi connectivity index (χ0n) is 10.5. The molecule has 0 aliphatic heterocycles. The van der Waals surface area contributed by atoms with Crippen LogP contribution >= 0.6 is 15.9 Å². The third-order valence-corrected chi connectivity index (χ3v) is 3.41. The molecule has 0 bridgehead atoms. The SMILES string of the molecule is COc1ccc(Br)c(CCC/C=C\CCO)c1O. The van der Waals surface area contributed by atoms with E-state index in [1.165, 1.54) is 0 Å². The quantitative estimate of drug-likeness (QED) is 0.599. The average molecular weight is 315 g/mol. The second kappa shape index (κ2) is 8.16. The molecular formula is C14H19BrO3. The van der Waals surface area contributed by atoms with E-state index in [0.29, 0.717) is 12.2 Å². The lowest BCUT2D eigenvalue weighted by atomic mass is 10.1. The van der Waals surface area contributed by atoms with Gasteiger partial charge in [0, 0.05) is 16.6 Å². The van der Waals surface area contributed by atoms with Gasteiger partial charge in [0.05, 0.1) is 7.11 Å². The molecule has 0 aliphatic rings. The summed E-state index contributed by atoms with van der Waals surface area (Å²) in [6.45, 7) is 0.193. The molecule has 0 unspecified atom stereocenters. The minimum absolute atomic E-state index is 0.193. The number of halogens is 1. The van der Waals surface area contributed by atoms with Gasteiger partial charge in [-0.3, -0.25) is 0 Å². The van der Waals surface area contributed by atoms with Crippen molar-refractivity contribution in [1.29, 1.82) is 0 Å². The third kappa shape index (κ3) is 4.35. The van der Waals surface area contributed by atoms with E-state index in [4.69, 9.17) is 9.84 Å². The molecule has 0 heterocycles. The standard InChI is InChI=1S/C14H19BrO3/c1-18-13-9-8-12(15)11(14(13)17)7-5-3-2-4-6-10-16/h2,4,8-9,16-17H,3,5-7,10H2,1H3/b4-2-. The Morgan fingerprint density at radius 3 is 2.67 bits per heavy atom. The number of phenols is 1. The molecular weight excluding hydrogens is 296 g/mol. The van der Waals surface area contributed by atoms with Crippen molar-refractivity contribution in [3.8, 4) is 11.5 Å². The van der Waals surface area contributed by atoms with E-state index in [1.54, 1.807) is 13.2 Å². The number of ether oxygens (including phenoxy) is 1. The first-order valence-corrected chi connectivity index (χ1v) is 6.80. The second-order valence-corrected chi connectivity index (χ2v) is 4.81. The Hall–Kier alpha value is -1.00. The first kappa shape index (κ1) is 15.1. The third-order valence-electron chi connectivity index (χ3n) is 2.67. The van der Waals surface area contributed by atoms with E-state index in [9.17, 15) is 5.11 Å². The number of unbranched alkanes of at least 4 members (excludes halogenated alkanes) is 1. The predicted octanol–water partition coefficient (Wildman–Crippen LogP) is 3.42. The number of allylic oxidation sites excluding steroid dienone is 1. The fraction of sp³-hybridized carbons (Fsp3) is 0.429. The van der Waals surface area contributed by atoms with Crippen molar-refractivity contribution in [2.45, 2.75) is 25.7 Å². The second-order valence-electron chi connectivity index (χ2n) is 3.95. The van der Waals surface area contributed by atoms with Crippen LogP contribution in [-0.4, -0.2) is 23.9 Å². The Labute approximate surface area is 116 Å². The van der Waals surface area contributed by atoms with Gasteiger partial charge in [0.15, 0.2) is 11.5 Å². The van der Waals surface area contributed by atoms with Crippen molar-refractivity contribution in [3.63, 3.8) is 0 Å². The number of aliphatic hydroxyl groups is 1. The first-order valence-electron chi connectivity index (χ1n) is 6.01. The summed E-state index contributed by atoms with van der Waals surface area (Å²) in [5, 5.41) is 18.6. The smallest absolute Gasteiger partial charge is 0.162 e. The zero-order valence-corrected chi connectivity index (χ0v) is 12.1. The molecule has 1 aromatic carbocycles. The van der Waals surface area contributed by atoms with Crippen molar-refractivity contribution in [1.82, 2.24) is 0 Å². The molecule has 2 N–H and O–H groups in total. The van der Waals surface area contributed by atoms with Gasteiger partial charge in [-0.25, -0.2) is 0 Å². The maximum atomic E-state index is 10.0. The summed E-state index contributed by atoms with van der Waals surface area (Å²) in [7, 11) is 1.55. The van der Waals surface area contributed by atoms with Crippen molar-refractivity contribution >= 4 is 15.9 Å². The number of methoxy groups -OCH3 is 1. The number of rotatable bonds is 7. The van der Waals surface area contributed by atoms with Gasteiger partial charge in [0.1, 0.15) is 0 Å². The van der Waals surface area contributed by atoms with Crippen LogP contribution in [0.25, 0.3) is 0 Å². The zero-order chi connectivity index (χ0) is 13.4. The lowest BCUT2D eigenvalue weighted by Crippen LogP contribution is -1.92. The highest BCUT2D eigenvalue weighted by molar-refractivity contribution is 9.10. The Morgan fingerprint density at radius 2 is 2.00 bits per heavy atom. The van der Waals surface area contributed by atoms with Gasteiger partial charge in [-0.15, -0.1) is 0 Å². The van der Waals surface area contributed by atoms with Crippen LogP contribution in [0, 0.1) is 0 Å². The maximum absolute atomic E-state index is 10.0. The van der Waals surface area contributed by atoms with Crippen LogP contribution in [0.4, 0.5) is 0 Å². The number of hydrogen-bond acceptors (Lipinski definition) is 3. The van der Waals surface area contributed by atoms with Gasteiger partial charge < -0.3 is 14.9 Å². The summed E-state index contributed by atoms with van der Waals surface area (Å²) in [4.78, 5) is 0. The topological polar surface area (TPSA) is 49.7 Å². The fourth-order valence-corrected chi connectivity index (χ4v) is 2.22. The van der Waals surface area contributed by atoms with E-state index >= 15 is 0 Å². The minimum Gasteiger partial charge on any atom is -0.504 e. The summed E-state index contributed by atoms with van der Waals surface area (Å²) in [6, 6.07) is 3.62. The van der Waals surface area contributed by atoms with Crippen LogP contribution in [0.5, 0.6) is 11.5 Å². The van der Waals surface area contributed by atoms with Crippen molar-refractivity contribution in [3.05, 3.63) is 34.3 Å². The number of aliphatic hydroxyl groups excluding tert-OH is 1. The Kier molecular flexibility index (Phi) is 6.83.